The minimum atomic E-state index is -0.709. The molecule has 21 heavy (non-hydrogen) atoms. The first-order valence-corrected chi connectivity index (χ1v) is 7.67. The maximum Gasteiger partial charge on any atom is 0.310 e. The van der Waals surface area contributed by atoms with Crippen LogP contribution in [0.25, 0.3) is 0 Å². The van der Waals surface area contributed by atoms with Crippen LogP contribution < -0.4 is 0 Å². The van der Waals surface area contributed by atoms with Gasteiger partial charge in [-0.2, -0.15) is 0 Å². The molecule has 0 aliphatic carbocycles. The Morgan fingerprint density at radius 2 is 2.24 bits per heavy atom. The second kappa shape index (κ2) is 6.56. The van der Waals surface area contributed by atoms with Crippen molar-refractivity contribution in [3.05, 3.63) is 35.1 Å². The molecule has 2 rings (SSSR count). The van der Waals surface area contributed by atoms with Crippen LogP contribution in [-0.4, -0.2) is 29.1 Å². The Morgan fingerprint density at radius 3 is 2.90 bits per heavy atom. The molecule has 1 aromatic rings. The van der Waals surface area contributed by atoms with E-state index >= 15 is 0 Å². The van der Waals surface area contributed by atoms with Gasteiger partial charge in [0.1, 0.15) is 5.82 Å². The molecule has 1 aliphatic rings. The lowest BCUT2D eigenvalue weighted by Gasteiger charge is -2.40. The van der Waals surface area contributed by atoms with Crippen molar-refractivity contribution < 1.29 is 14.3 Å². The van der Waals surface area contributed by atoms with Crippen molar-refractivity contribution >= 4 is 5.97 Å². The number of hydrogen-bond donors (Lipinski definition) is 1. The van der Waals surface area contributed by atoms with Crippen molar-refractivity contribution in [1.82, 2.24) is 4.90 Å². The van der Waals surface area contributed by atoms with Gasteiger partial charge in [-0.05, 0) is 38.8 Å². The van der Waals surface area contributed by atoms with Gasteiger partial charge in [0, 0.05) is 18.7 Å². The van der Waals surface area contributed by atoms with E-state index in [-0.39, 0.29) is 5.82 Å². The first kappa shape index (κ1) is 16.0. The highest BCUT2D eigenvalue weighted by molar-refractivity contribution is 5.75. The fourth-order valence-corrected chi connectivity index (χ4v) is 3.39. The number of carbonyl (C=O) groups is 1. The van der Waals surface area contributed by atoms with Crippen LogP contribution in [0, 0.1) is 18.2 Å². The van der Waals surface area contributed by atoms with Gasteiger partial charge < -0.3 is 5.11 Å². The number of piperidine rings is 1. The van der Waals surface area contributed by atoms with Crippen LogP contribution in [0.5, 0.6) is 0 Å². The molecule has 0 aromatic heterocycles. The number of nitrogens with zero attached hydrogens (tertiary/aromatic N) is 1. The number of aliphatic carboxylic acids is 1. The van der Waals surface area contributed by atoms with E-state index < -0.39 is 11.4 Å². The van der Waals surface area contributed by atoms with Gasteiger partial charge in [-0.1, -0.05) is 31.0 Å². The zero-order valence-electron chi connectivity index (χ0n) is 12.9. The Kier molecular flexibility index (Phi) is 4.99. The Balaban J connectivity index is 2.13. The van der Waals surface area contributed by atoms with E-state index in [1.165, 1.54) is 6.07 Å². The summed E-state index contributed by atoms with van der Waals surface area (Å²) in [7, 11) is 0. The smallest absolute Gasteiger partial charge is 0.310 e. The highest BCUT2D eigenvalue weighted by Crippen LogP contribution is 2.35. The lowest BCUT2D eigenvalue weighted by atomic mass is 9.76. The molecule has 1 aromatic carbocycles. The van der Waals surface area contributed by atoms with E-state index in [1.54, 1.807) is 6.07 Å². The molecule has 0 saturated carbocycles. The van der Waals surface area contributed by atoms with Crippen molar-refractivity contribution in [3.63, 3.8) is 0 Å². The lowest BCUT2D eigenvalue weighted by Crippen LogP contribution is -2.47. The fourth-order valence-electron chi connectivity index (χ4n) is 3.39. The van der Waals surface area contributed by atoms with Crippen molar-refractivity contribution in [2.75, 3.05) is 13.1 Å². The van der Waals surface area contributed by atoms with Gasteiger partial charge in [0.05, 0.1) is 5.41 Å². The molecular weight excluding hydrogens is 269 g/mol. The first-order valence-electron chi connectivity index (χ1n) is 7.67. The van der Waals surface area contributed by atoms with Crippen molar-refractivity contribution in [1.29, 1.82) is 0 Å². The molecule has 4 heteroatoms. The summed E-state index contributed by atoms with van der Waals surface area (Å²) >= 11 is 0. The Hall–Kier alpha value is -1.42. The van der Waals surface area contributed by atoms with Crippen LogP contribution in [0.4, 0.5) is 4.39 Å². The van der Waals surface area contributed by atoms with E-state index in [0.717, 1.165) is 31.4 Å². The molecule has 0 spiro atoms. The van der Waals surface area contributed by atoms with Gasteiger partial charge in [0.2, 0.25) is 0 Å². The second-order valence-corrected chi connectivity index (χ2v) is 6.24. The van der Waals surface area contributed by atoms with E-state index in [9.17, 15) is 14.3 Å². The summed E-state index contributed by atoms with van der Waals surface area (Å²) in [6.07, 6.45) is 3.14. The average molecular weight is 293 g/mol. The molecular formula is C17H24FNO2. The number of likely N-dealkylation sites (tertiary alicyclic amines) is 1. The average Bonchev–Trinajstić information content (AvgIpc) is 2.43. The van der Waals surface area contributed by atoms with Gasteiger partial charge in [-0.3, -0.25) is 9.69 Å². The minimum Gasteiger partial charge on any atom is -0.481 e. The van der Waals surface area contributed by atoms with Gasteiger partial charge in [0.15, 0.2) is 0 Å². The van der Waals surface area contributed by atoms with E-state index in [2.05, 4.69) is 4.90 Å². The number of aryl methyl sites for hydroxylation is 1. The molecule has 1 N–H and O–H groups in total. The fraction of sp³-hybridized carbons (Fsp3) is 0.588. The zero-order chi connectivity index (χ0) is 15.5. The number of halogens is 1. The third-order valence-electron chi connectivity index (χ3n) is 4.43. The van der Waals surface area contributed by atoms with Gasteiger partial charge in [-0.15, -0.1) is 0 Å². The topological polar surface area (TPSA) is 40.5 Å². The normalized spacial score (nSPS) is 23.2. The molecule has 1 aliphatic heterocycles. The summed E-state index contributed by atoms with van der Waals surface area (Å²) in [4.78, 5) is 13.8. The summed E-state index contributed by atoms with van der Waals surface area (Å²) < 4.78 is 13.9. The molecule has 0 bridgehead atoms. The Labute approximate surface area is 125 Å². The molecule has 0 amide bonds. The van der Waals surface area contributed by atoms with Crippen LogP contribution in [-0.2, 0) is 11.3 Å². The van der Waals surface area contributed by atoms with Crippen LogP contribution >= 0.6 is 0 Å². The molecule has 0 radical (unpaired) electrons. The predicted octanol–water partition coefficient (Wildman–Crippen LogP) is 3.60. The van der Waals surface area contributed by atoms with Crippen LogP contribution in [0.3, 0.4) is 0 Å². The van der Waals surface area contributed by atoms with Gasteiger partial charge in [-0.25, -0.2) is 4.39 Å². The maximum absolute atomic E-state index is 13.9. The van der Waals surface area contributed by atoms with Crippen molar-refractivity contribution in [2.45, 2.75) is 46.1 Å². The predicted molar refractivity (Wildman–Crippen MR) is 80.6 cm³/mol. The SMILES string of the molecule is CCCC1(C(=O)O)CCCN(Cc2cc(C)ccc2F)C1. The maximum atomic E-state index is 13.9. The van der Waals surface area contributed by atoms with Crippen LogP contribution in [0.2, 0.25) is 0 Å². The molecule has 1 atom stereocenters. The number of benzene rings is 1. The standard InChI is InChI=1S/C17H24FNO2/c1-3-7-17(16(20)21)8-4-9-19(12-17)11-14-10-13(2)5-6-15(14)18/h5-6,10H,3-4,7-9,11-12H2,1-2H3,(H,20,21). The summed E-state index contributed by atoms with van der Waals surface area (Å²) in [5.74, 6) is -0.915. The highest BCUT2D eigenvalue weighted by Gasteiger charge is 2.41. The monoisotopic (exact) mass is 293 g/mol. The van der Waals surface area contributed by atoms with E-state index in [0.29, 0.717) is 25.1 Å². The van der Waals surface area contributed by atoms with Gasteiger partial charge in [0.25, 0.3) is 0 Å². The molecule has 1 unspecified atom stereocenters. The quantitative estimate of drug-likeness (QED) is 0.901. The summed E-state index contributed by atoms with van der Waals surface area (Å²) in [5, 5.41) is 9.60. The van der Waals surface area contributed by atoms with Crippen LogP contribution in [0.15, 0.2) is 18.2 Å². The Bertz CT molecular complexity index is 514. The third-order valence-corrected chi connectivity index (χ3v) is 4.43. The van der Waals surface area contributed by atoms with E-state index in [4.69, 9.17) is 0 Å². The molecule has 116 valence electrons. The second-order valence-electron chi connectivity index (χ2n) is 6.24. The van der Waals surface area contributed by atoms with Gasteiger partial charge >= 0.3 is 5.97 Å². The largest absolute Gasteiger partial charge is 0.481 e. The first-order chi connectivity index (χ1) is 9.97. The zero-order valence-corrected chi connectivity index (χ0v) is 12.9. The Morgan fingerprint density at radius 1 is 1.48 bits per heavy atom. The number of carboxylic acids is 1. The summed E-state index contributed by atoms with van der Waals surface area (Å²) in [6, 6.07) is 5.10. The minimum absolute atomic E-state index is 0.206. The highest BCUT2D eigenvalue weighted by atomic mass is 19.1. The molecule has 1 fully saturated rings. The molecule has 1 saturated heterocycles. The number of hydrogen-bond acceptors (Lipinski definition) is 2. The molecule has 3 nitrogen and oxygen atoms in total. The van der Waals surface area contributed by atoms with E-state index in [1.807, 2.05) is 19.9 Å². The summed E-state index contributed by atoms with van der Waals surface area (Å²) in [6.45, 7) is 5.81. The van der Waals surface area contributed by atoms with Crippen molar-refractivity contribution in [3.8, 4) is 0 Å². The van der Waals surface area contributed by atoms with Crippen LogP contribution in [0.1, 0.15) is 43.7 Å². The number of carboxylic acid groups (broad SMARTS) is 1. The van der Waals surface area contributed by atoms with Crippen molar-refractivity contribution in [2.24, 2.45) is 5.41 Å². The molecule has 1 heterocycles. The lowest BCUT2D eigenvalue weighted by molar-refractivity contribution is -0.153. The summed E-state index contributed by atoms with van der Waals surface area (Å²) in [5.41, 5.74) is 1.03. The number of rotatable bonds is 5. The third kappa shape index (κ3) is 3.62.